The van der Waals surface area contributed by atoms with Gasteiger partial charge in [0.15, 0.2) is 0 Å². The number of anilines is 1. The Balaban J connectivity index is 2.45. The molecular weight excluding hydrogens is 250 g/mol. The first-order valence-corrected chi connectivity index (χ1v) is 6.02. The highest BCUT2D eigenvalue weighted by Gasteiger charge is 2.09. The first kappa shape index (κ1) is 12.6. The van der Waals surface area contributed by atoms with Crippen LogP contribution >= 0.6 is 11.6 Å². The molecule has 0 bridgehead atoms. The topological polar surface area (TPSA) is 61.0 Å². The van der Waals surface area contributed by atoms with Gasteiger partial charge in [-0.2, -0.15) is 0 Å². The molecule has 0 amide bonds. The van der Waals surface area contributed by atoms with Gasteiger partial charge in [0.2, 0.25) is 0 Å². The Morgan fingerprint density at radius 3 is 2.67 bits per heavy atom. The SMILES string of the molecule is CCOc1cc(C)c(-c2ccc(N)nn2)cc1Cl. The van der Waals surface area contributed by atoms with Crippen molar-refractivity contribution >= 4 is 17.4 Å². The van der Waals surface area contributed by atoms with Crippen molar-refractivity contribution in [1.82, 2.24) is 10.2 Å². The number of nitrogens with zero attached hydrogens (tertiary/aromatic N) is 2. The van der Waals surface area contributed by atoms with Crippen molar-refractivity contribution in [2.75, 3.05) is 12.3 Å². The van der Waals surface area contributed by atoms with Crippen molar-refractivity contribution in [2.24, 2.45) is 0 Å². The quantitative estimate of drug-likeness (QED) is 0.924. The Morgan fingerprint density at radius 2 is 2.06 bits per heavy atom. The number of nitrogen functional groups attached to an aromatic ring is 1. The first-order valence-electron chi connectivity index (χ1n) is 5.64. The van der Waals surface area contributed by atoms with E-state index in [4.69, 9.17) is 22.1 Å². The summed E-state index contributed by atoms with van der Waals surface area (Å²) in [5, 5.41) is 8.46. The first-order chi connectivity index (χ1) is 8.61. The number of rotatable bonds is 3. The molecule has 18 heavy (non-hydrogen) atoms. The lowest BCUT2D eigenvalue weighted by atomic mass is 10.1. The van der Waals surface area contributed by atoms with E-state index in [1.54, 1.807) is 6.07 Å². The number of ether oxygens (including phenoxy) is 1. The minimum atomic E-state index is 0.397. The summed E-state index contributed by atoms with van der Waals surface area (Å²) in [6, 6.07) is 7.27. The summed E-state index contributed by atoms with van der Waals surface area (Å²) in [5.74, 6) is 1.08. The van der Waals surface area contributed by atoms with Crippen LogP contribution in [-0.2, 0) is 0 Å². The van der Waals surface area contributed by atoms with Crippen LogP contribution in [0.2, 0.25) is 5.02 Å². The van der Waals surface area contributed by atoms with E-state index >= 15 is 0 Å². The number of benzene rings is 1. The van der Waals surface area contributed by atoms with Crippen LogP contribution in [0, 0.1) is 6.92 Å². The average Bonchev–Trinajstić information content (AvgIpc) is 2.35. The predicted molar refractivity (Wildman–Crippen MR) is 72.8 cm³/mol. The van der Waals surface area contributed by atoms with Crippen LogP contribution in [0.15, 0.2) is 24.3 Å². The second kappa shape index (κ2) is 5.23. The molecule has 0 aliphatic carbocycles. The zero-order valence-electron chi connectivity index (χ0n) is 10.3. The van der Waals surface area contributed by atoms with Gasteiger partial charge in [0, 0.05) is 5.56 Å². The van der Waals surface area contributed by atoms with Gasteiger partial charge >= 0.3 is 0 Å². The summed E-state index contributed by atoms with van der Waals surface area (Å²) in [6.07, 6.45) is 0. The highest BCUT2D eigenvalue weighted by Crippen LogP contribution is 2.32. The molecule has 2 N–H and O–H groups in total. The lowest BCUT2D eigenvalue weighted by Gasteiger charge is -2.10. The van der Waals surface area contributed by atoms with Gasteiger partial charge in [-0.15, -0.1) is 10.2 Å². The molecular formula is C13H14ClN3O. The van der Waals surface area contributed by atoms with Crippen LogP contribution in [0.4, 0.5) is 5.82 Å². The molecule has 0 spiro atoms. The third-order valence-electron chi connectivity index (χ3n) is 2.54. The fourth-order valence-corrected chi connectivity index (χ4v) is 1.90. The van der Waals surface area contributed by atoms with Gasteiger partial charge in [-0.1, -0.05) is 11.6 Å². The molecule has 0 aliphatic rings. The normalized spacial score (nSPS) is 10.4. The zero-order valence-corrected chi connectivity index (χ0v) is 11.0. The molecule has 1 aromatic heterocycles. The number of aromatic nitrogens is 2. The molecule has 1 aromatic carbocycles. The maximum absolute atomic E-state index is 6.16. The smallest absolute Gasteiger partial charge is 0.146 e. The van der Waals surface area contributed by atoms with Gasteiger partial charge in [-0.05, 0) is 43.7 Å². The fraction of sp³-hybridized carbons (Fsp3) is 0.231. The van der Waals surface area contributed by atoms with Crippen molar-refractivity contribution in [3.05, 3.63) is 34.9 Å². The maximum atomic E-state index is 6.16. The van der Waals surface area contributed by atoms with Crippen molar-refractivity contribution in [2.45, 2.75) is 13.8 Å². The summed E-state index contributed by atoms with van der Waals surface area (Å²) >= 11 is 6.16. The molecule has 0 unspecified atom stereocenters. The summed E-state index contributed by atoms with van der Waals surface area (Å²) in [7, 11) is 0. The Labute approximate surface area is 111 Å². The predicted octanol–water partition coefficient (Wildman–Crippen LogP) is 3.09. The summed E-state index contributed by atoms with van der Waals surface area (Å²) in [6.45, 7) is 4.48. The lowest BCUT2D eigenvalue weighted by Crippen LogP contribution is -1.97. The number of hydrogen-bond donors (Lipinski definition) is 1. The van der Waals surface area contributed by atoms with E-state index in [0.29, 0.717) is 23.2 Å². The van der Waals surface area contributed by atoms with E-state index in [1.165, 1.54) is 0 Å². The van der Waals surface area contributed by atoms with Gasteiger partial charge < -0.3 is 10.5 Å². The lowest BCUT2D eigenvalue weighted by molar-refractivity contribution is 0.340. The van der Waals surface area contributed by atoms with Gasteiger partial charge in [-0.3, -0.25) is 0 Å². The Morgan fingerprint density at radius 1 is 1.28 bits per heavy atom. The average molecular weight is 264 g/mol. The third kappa shape index (κ3) is 2.54. The molecule has 1 heterocycles. The minimum absolute atomic E-state index is 0.397. The van der Waals surface area contributed by atoms with Crippen molar-refractivity contribution in [3.8, 4) is 17.0 Å². The standard InChI is InChI=1S/C13H14ClN3O/c1-3-18-12-6-8(2)9(7-10(12)14)11-4-5-13(15)17-16-11/h4-7H,3H2,1-2H3,(H2,15,17). The third-order valence-corrected chi connectivity index (χ3v) is 2.84. The van der Waals surface area contributed by atoms with Gasteiger partial charge in [0.05, 0.1) is 17.3 Å². The Kier molecular flexibility index (Phi) is 3.67. The van der Waals surface area contributed by atoms with Crippen LogP contribution in [0.3, 0.4) is 0 Å². The van der Waals surface area contributed by atoms with E-state index in [2.05, 4.69) is 10.2 Å². The summed E-state index contributed by atoms with van der Waals surface area (Å²) in [4.78, 5) is 0. The van der Waals surface area contributed by atoms with Crippen molar-refractivity contribution in [3.63, 3.8) is 0 Å². The number of hydrogen-bond acceptors (Lipinski definition) is 4. The molecule has 0 atom stereocenters. The number of aryl methyl sites for hydroxylation is 1. The molecule has 0 saturated carbocycles. The second-order valence-corrected chi connectivity index (χ2v) is 4.28. The highest BCUT2D eigenvalue weighted by molar-refractivity contribution is 6.32. The summed E-state index contributed by atoms with van der Waals surface area (Å²) < 4.78 is 5.44. The van der Waals surface area contributed by atoms with E-state index in [1.807, 2.05) is 32.0 Å². The van der Waals surface area contributed by atoms with Crippen LogP contribution < -0.4 is 10.5 Å². The Bertz CT molecular complexity index is 555. The van der Waals surface area contributed by atoms with Crippen LogP contribution in [0.1, 0.15) is 12.5 Å². The van der Waals surface area contributed by atoms with Crippen LogP contribution in [-0.4, -0.2) is 16.8 Å². The maximum Gasteiger partial charge on any atom is 0.146 e. The van der Waals surface area contributed by atoms with Crippen LogP contribution in [0.5, 0.6) is 5.75 Å². The van der Waals surface area contributed by atoms with Gasteiger partial charge in [0.25, 0.3) is 0 Å². The van der Waals surface area contributed by atoms with Gasteiger partial charge in [-0.25, -0.2) is 0 Å². The summed E-state index contributed by atoms with van der Waals surface area (Å²) in [5.41, 5.74) is 8.22. The van der Waals surface area contributed by atoms with E-state index < -0.39 is 0 Å². The minimum Gasteiger partial charge on any atom is -0.492 e. The van der Waals surface area contributed by atoms with Crippen molar-refractivity contribution < 1.29 is 4.74 Å². The van der Waals surface area contributed by atoms with E-state index in [-0.39, 0.29) is 0 Å². The molecule has 0 aliphatic heterocycles. The highest BCUT2D eigenvalue weighted by atomic mass is 35.5. The second-order valence-electron chi connectivity index (χ2n) is 3.87. The molecule has 0 saturated heterocycles. The van der Waals surface area contributed by atoms with Crippen LogP contribution in [0.25, 0.3) is 11.3 Å². The monoisotopic (exact) mass is 263 g/mol. The number of halogens is 1. The Hall–Kier alpha value is -1.81. The molecule has 2 rings (SSSR count). The molecule has 0 radical (unpaired) electrons. The van der Waals surface area contributed by atoms with Crippen molar-refractivity contribution in [1.29, 1.82) is 0 Å². The van der Waals surface area contributed by atoms with Gasteiger partial charge in [0.1, 0.15) is 11.6 Å². The fourth-order valence-electron chi connectivity index (χ4n) is 1.68. The molecule has 94 valence electrons. The molecule has 0 fully saturated rings. The van der Waals surface area contributed by atoms with E-state index in [9.17, 15) is 0 Å². The molecule has 4 nitrogen and oxygen atoms in total. The molecule has 5 heteroatoms. The molecule has 2 aromatic rings. The largest absolute Gasteiger partial charge is 0.492 e. The van der Waals surface area contributed by atoms with E-state index in [0.717, 1.165) is 16.8 Å². The number of nitrogens with two attached hydrogens (primary N) is 1. The zero-order chi connectivity index (χ0) is 13.1.